The number of carbonyl (C=O) groups is 2. The fourth-order valence-electron chi connectivity index (χ4n) is 2.79. The van der Waals surface area contributed by atoms with Crippen LogP contribution in [0.15, 0.2) is 24.3 Å². The van der Waals surface area contributed by atoms with Gasteiger partial charge in [-0.2, -0.15) is 0 Å². The Hall–Kier alpha value is -3.69. The molecule has 0 aromatic heterocycles. The van der Waals surface area contributed by atoms with Crippen LogP contribution in [0, 0.1) is 51.4 Å². The number of benzene rings is 1. The van der Waals surface area contributed by atoms with E-state index in [1.807, 2.05) is 53.7 Å². The average molecular weight is 673 g/mol. The molecule has 0 aliphatic carbocycles. The first-order chi connectivity index (χ1) is 21.5. The Labute approximate surface area is 277 Å². The quantitative estimate of drug-likeness (QED) is 0.126. The molecule has 1 aromatic carbocycles. The molecule has 1 aliphatic rings. The van der Waals surface area contributed by atoms with Gasteiger partial charge in [-0.05, 0) is 71.9 Å². The lowest BCUT2D eigenvalue weighted by molar-refractivity contribution is 0.0227. The molecule has 0 atom stereocenters. The number of rotatable bonds is 9. The molecular formula is C33H57N2O10P. The Morgan fingerprint density at radius 3 is 1.80 bits per heavy atom. The molecule has 1 fully saturated rings. The van der Waals surface area contributed by atoms with Gasteiger partial charge in [0.25, 0.3) is 0 Å². The molecule has 0 saturated carbocycles. The molecule has 0 unspecified atom stereocenters. The molecule has 5 N–H and O–H groups in total. The van der Waals surface area contributed by atoms with E-state index >= 15 is 0 Å². The summed E-state index contributed by atoms with van der Waals surface area (Å²) in [6.07, 6.45) is 25.2. The van der Waals surface area contributed by atoms with Crippen molar-refractivity contribution in [1.29, 1.82) is 0 Å². The molecule has 0 bridgehead atoms. The third kappa shape index (κ3) is 44.7. The third-order valence-corrected chi connectivity index (χ3v) is 4.83. The van der Waals surface area contributed by atoms with Gasteiger partial charge in [-0.3, -0.25) is 4.57 Å². The number of ether oxygens (including phenoxy) is 3. The highest BCUT2D eigenvalue weighted by atomic mass is 31.2. The number of aryl methyl sites for hydroxylation is 1. The van der Waals surface area contributed by atoms with Gasteiger partial charge in [-0.25, -0.2) is 9.59 Å². The summed E-state index contributed by atoms with van der Waals surface area (Å²) in [5.74, 6) is 0.800. The van der Waals surface area contributed by atoms with Crippen LogP contribution in [-0.4, -0.2) is 88.5 Å². The third-order valence-electron chi connectivity index (χ3n) is 4.37. The van der Waals surface area contributed by atoms with Crippen molar-refractivity contribution in [2.45, 2.75) is 73.3 Å². The molecule has 13 heteroatoms. The van der Waals surface area contributed by atoms with E-state index in [-0.39, 0.29) is 12.7 Å². The zero-order valence-corrected chi connectivity index (χ0v) is 29.4. The van der Waals surface area contributed by atoms with Crippen LogP contribution in [0.25, 0.3) is 0 Å². The number of nitrogens with zero attached hydrogens (tertiary/aromatic N) is 1. The molecule has 1 aliphatic heterocycles. The predicted molar refractivity (Wildman–Crippen MR) is 184 cm³/mol. The van der Waals surface area contributed by atoms with Gasteiger partial charge in [0.2, 0.25) is 0 Å². The number of hydrogen-bond acceptors (Lipinski definition) is 7. The number of carbonyl (C=O) groups excluding carboxylic acids is 1. The van der Waals surface area contributed by atoms with Crippen LogP contribution >= 0.6 is 7.60 Å². The second kappa shape index (κ2) is 34.2. The Bertz CT molecular complexity index is 940. The molecular weight excluding hydrogens is 615 g/mol. The van der Waals surface area contributed by atoms with Gasteiger partial charge in [-0.15, -0.1) is 38.5 Å². The van der Waals surface area contributed by atoms with Gasteiger partial charge >= 0.3 is 19.8 Å². The second-order valence-electron chi connectivity index (χ2n) is 10.3. The van der Waals surface area contributed by atoms with Crippen LogP contribution in [0.3, 0.4) is 0 Å². The molecule has 2 rings (SSSR count). The van der Waals surface area contributed by atoms with Crippen molar-refractivity contribution in [2.75, 3.05) is 45.8 Å². The van der Waals surface area contributed by atoms with Gasteiger partial charge in [0.05, 0.1) is 0 Å². The van der Waals surface area contributed by atoms with Crippen LogP contribution in [-0.2, 0) is 14.0 Å². The first-order valence-corrected chi connectivity index (χ1v) is 16.2. The van der Waals surface area contributed by atoms with Crippen LogP contribution in [0.1, 0.15) is 66.4 Å². The molecule has 12 nitrogen and oxygen atoms in total. The summed E-state index contributed by atoms with van der Waals surface area (Å²) in [6, 6.07) is 6.97. The lowest BCUT2D eigenvalue weighted by Crippen LogP contribution is -2.40. The lowest BCUT2D eigenvalue weighted by atomic mass is 10.2. The van der Waals surface area contributed by atoms with Crippen molar-refractivity contribution < 1.29 is 48.4 Å². The average Bonchev–Trinajstić information content (AvgIpc) is 3.57. The molecule has 0 radical (unpaired) electrons. The van der Waals surface area contributed by atoms with E-state index in [0.29, 0.717) is 37.7 Å². The van der Waals surface area contributed by atoms with Crippen LogP contribution in [0.2, 0.25) is 0 Å². The van der Waals surface area contributed by atoms with E-state index in [0.717, 1.165) is 18.8 Å². The molecule has 46 heavy (non-hydrogen) atoms. The summed E-state index contributed by atoms with van der Waals surface area (Å²) < 4.78 is 25.6. The maximum absolute atomic E-state index is 12.0. The minimum atomic E-state index is -4.07. The summed E-state index contributed by atoms with van der Waals surface area (Å²) >= 11 is 0. The highest BCUT2D eigenvalue weighted by Gasteiger charge is 2.22. The Kier molecular flexibility index (Phi) is 38.5. The summed E-state index contributed by atoms with van der Waals surface area (Å²) in [7, 11) is -4.07. The Morgan fingerprint density at radius 1 is 1.02 bits per heavy atom. The van der Waals surface area contributed by atoms with E-state index in [4.69, 9.17) is 34.2 Å². The van der Waals surface area contributed by atoms with Crippen molar-refractivity contribution in [2.24, 2.45) is 5.92 Å². The van der Waals surface area contributed by atoms with Crippen LogP contribution < -0.4 is 10.1 Å². The summed E-state index contributed by atoms with van der Waals surface area (Å²) in [5, 5.41) is 18.3. The van der Waals surface area contributed by atoms with Crippen LogP contribution in [0.5, 0.6) is 5.75 Å². The van der Waals surface area contributed by atoms with E-state index in [2.05, 4.69) is 43.9 Å². The highest BCUT2D eigenvalue weighted by molar-refractivity contribution is 7.51. The number of nitrogens with one attached hydrogen (secondary N) is 1. The van der Waals surface area contributed by atoms with Crippen molar-refractivity contribution in [3.8, 4) is 44.3 Å². The fourth-order valence-corrected chi connectivity index (χ4v) is 3.11. The Morgan fingerprint density at radius 2 is 1.48 bits per heavy atom. The normalized spacial score (nSPS) is 11.0. The number of amides is 2. The number of aliphatic hydroxyl groups excluding tert-OH is 1. The minimum absolute atomic E-state index is 0.250. The van der Waals surface area contributed by atoms with Gasteiger partial charge in [0, 0.05) is 39.5 Å². The zero-order chi connectivity index (χ0) is 37.2. The molecule has 264 valence electrons. The summed E-state index contributed by atoms with van der Waals surface area (Å²) in [6.45, 7) is 16.8. The van der Waals surface area contributed by atoms with Gasteiger partial charge < -0.3 is 44.4 Å². The zero-order valence-electron chi connectivity index (χ0n) is 28.6. The van der Waals surface area contributed by atoms with E-state index < -0.39 is 25.6 Å². The number of carboxylic acid groups (broad SMARTS) is 1. The molecule has 1 saturated heterocycles. The highest BCUT2D eigenvalue weighted by Crippen LogP contribution is 2.34. The minimum Gasteiger partial charge on any atom is -0.481 e. The van der Waals surface area contributed by atoms with Crippen molar-refractivity contribution in [3.63, 3.8) is 0 Å². The lowest BCUT2D eigenvalue weighted by Gasteiger charge is -2.28. The molecule has 2 amide bonds. The predicted octanol–water partition coefficient (Wildman–Crippen LogP) is 5.59. The maximum atomic E-state index is 12.0. The number of hydrogen-bond donors (Lipinski definition) is 5. The van der Waals surface area contributed by atoms with E-state index in [1.165, 1.54) is 12.8 Å². The van der Waals surface area contributed by atoms with Gasteiger partial charge in [0.1, 0.15) is 11.4 Å². The largest absolute Gasteiger partial charge is 0.481 e. The fraction of sp³-hybridized carbons (Fsp3) is 0.576. The second-order valence-corrected chi connectivity index (χ2v) is 11.9. The number of aliphatic hydroxyl groups is 1. The smallest absolute Gasteiger partial charge is 0.410 e. The molecule has 0 spiro atoms. The topological polar surface area (TPSA) is 175 Å². The van der Waals surface area contributed by atoms with Crippen molar-refractivity contribution in [1.82, 2.24) is 10.2 Å². The van der Waals surface area contributed by atoms with Crippen molar-refractivity contribution in [3.05, 3.63) is 29.8 Å². The molecule has 1 heterocycles. The molecule has 1 aromatic rings. The van der Waals surface area contributed by atoms with Crippen molar-refractivity contribution >= 4 is 19.8 Å². The summed E-state index contributed by atoms with van der Waals surface area (Å²) in [4.78, 5) is 41.0. The monoisotopic (exact) mass is 672 g/mol. The van der Waals surface area contributed by atoms with E-state index in [9.17, 15) is 14.2 Å². The van der Waals surface area contributed by atoms with Gasteiger partial charge in [-0.1, -0.05) is 31.5 Å². The van der Waals surface area contributed by atoms with Gasteiger partial charge in [0.15, 0.2) is 6.35 Å². The number of terminal acetylenes is 3. The Balaban J connectivity index is -0.000000177. The van der Waals surface area contributed by atoms with Crippen LogP contribution in [0.4, 0.5) is 9.59 Å². The van der Waals surface area contributed by atoms with E-state index in [1.54, 1.807) is 24.0 Å². The maximum Gasteiger partial charge on any atom is 0.410 e. The first kappa shape index (κ1) is 51.9. The summed E-state index contributed by atoms with van der Waals surface area (Å²) in [5.41, 5.74) is 0.551. The SMILES string of the molecule is C#C.C#C.C#C.C1CCOC1.CC(C)CN(CCCNC(=O)O)C(=O)OC(C)(C)C.CCO.Cc1ccc(OCP(=O)(O)O)cc1. The standard InChI is InChI=1S/C13H26N2O4.C8H11O4P.C4H8O.C2H6O.3C2H2/c1-10(2)9-15(8-6-7-14-11(16)17)12(18)19-13(3,4)5;1-7-2-4-8(5-3-7)12-6-13(9,10)11;1-2-4-5-3-1;1-2-3;3*1-2/h10,14H,6-9H2,1-5H3,(H,16,17);2-5H,6H2,1H3,(H2,9,10,11);1-4H2;3H,2H2,1H3;3*1-2H. The first-order valence-electron chi connectivity index (χ1n) is 14.4.